The lowest BCUT2D eigenvalue weighted by Crippen LogP contribution is -2.22. The van der Waals surface area contributed by atoms with E-state index in [1.54, 1.807) is 31.4 Å². The van der Waals surface area contributed by atoms with Gasteiger partial charge < -0.3 is 10.1 Å². The number of rotatable bonds is 5. The highest BCUT2D eigenvalue weighted by atomic mass is 35.5. The summed E-state index contributed by atoms with van der Waals surface area (Å²) in [6, 6.07) is 8.21. The summed E-state index contributed by atoms with van der Waals surface area (Å²) in [5.74, 6) is 1.09. The number of nitrogens with one attached hydrogen (secondary N) is 1. The SMILES string of the molecule is COc1ccc(Cl)cc1Nc1ccc(S(=O)(=O)N(C)C)cn1. The van der Waals surface area contributed by atoms with Crippen LogP contribution < -0.4 is 10.1 Å². The van der Waals surface area contributed by atoms with Crippen molar-refractivity contribution < 1.29 is 13.2 Å². The smallest absolute Gasteiger partial charge is 0.244 e. The van der Waals surface area contributed by atoms with Crippen LogP contribution in [0.5, 0.6) is 5.75 Å². The van der Waals surface area contributed by atoms with Crippen molar-refractivity contribution in [2.24, 2.45) is 0 Å². The molecule has 0 aliphatic heterocycles. The lowest BCUT2D eigenvalue weighted by molar-refractivity contribution is 0.417. The molecule has 1 aromatic carbocycles. The van der Waals surface area contributed by atoms with Crippen LogP contribution in [-0.2, 0) is 10.0 Å². The predicted molar refractivity (Wildman–Crippen MR) is 86.4 cm³/mol. The minimum Gasteiger partial charge on any atom is -0.495 e. The largest absolute Gasteiger partial charge is 0.495 e. The average molecular weight is 342 g/mol. The molecule has 0 amide bonds. The third-order valence-corrected chi connectivity index (χ3v) is 4.97. The van der Waals surface area contributed by atoms with Crippen LogP contribution >= 0.6 is 11.6 Å². The van der Waals surface area contributed by atoms with Gasteiger partial charge in [0, 0.05) is 25.3 Å². The van der Waals surface area contributed by atoms with E-state index in [0.29, 0.717) is 22.3 Å². The predicted octanol–water partition coefficient (Wildman–Crippen LogP) is 2.74. The van der Waals surface area contributed by atoms with E-state index in [0.717, 1.165) is 4.31 Å². The molecule has 0 bridgehead atoms. The molecule has 0 aliphatic carbocycles. The van der Waals surface area contributed by atoms with Gasteiger partial charge in [0.1, 0.15) is 16.5 Å². The molecule has 22 heavy (non-hydrogen) atoms. The van der Waals surface area contributed by atoms with Crippen LogP contribution in [0.15, 0.2) is 41.4 Å². The summed E-state index contributed by atoms with van der Waals surface area (Å²) < 4.78 is 30.3. The van der Waals surface area contributed by atoms with Crippen molar-refractivity contribution in [2.45, 2.75) is 4.90 Å². The molecule has 6 nitrogen and oxygen atoms in total. The fraction of sp³-hybridized carbons (Fsp3) is 0.214. The molecule has 1 N–H and O–H groups in total. The number of pyridine rings is 1. The van der Waals surface area contributed by atoms with E-state index in [1.165, 1.54) is 26.4 Å². The third kappa shape index (κ3) is 3.49. The number of sulfonamides is 1. The zero-order valence-corrected chi connectivity index (χ0v) is 13.9. The molecule has 0 saturated heterocycles. The zero-order chi connectivity index (χ0) is 16.3. The molecule has 0 saturated carbocycles. The average Bonchev–Trinajstić information content (AvgIpc) is 2.48. The normalized spacial score (nSPS) is 11.5. The van der Waals surface area contributed by atoms with E-state index in [2.05, 4.69) is 10.3 Å². The van der Waals surface area contributed by atoms with Crippen molar-refractivity contribution in [1.29, 1.82) is 0 Å². The number of benzene rings is 1. The summed E-state index contributed by atoms with van der Waals surface area (Å²) in [7, 11) is 1.00. The van der Waals surface area contributed by atoms with E-state index in [1.807, 2.05) is 0 Å². The maximum atomic E-state index is 12.0. The van der Waals surface area contributed by atoms with Crippen molar-refractivity contribution in [3.05, 3.63) is 41.6 Å². The Morgan fingerprint density at radius 1 is 1.23 bits per heavy atom. The van der Waals surface area contributed by atoms with Crippen molar-refractivity contribution in [3.8, 4) is 5.75 Å². The lowest BCUT2D eigenvalue weighted by Gasteiger charge is -2.13. The molecule has 2 rings (SSSR count). The Labute approximate surface area is 134 Å². The van der Waals surface area contributed by atoms with Crippen molar-refractivity contribution in [1.82, 2.24) is 9.29 Å². The van der Waals surface area contributed by atoms with Gasteiger partial charge >= 0.3 is 0 Å². The summed E-state index contributed by atoms with van der Waals surface area (Å²) in [6.07, 6.45) is 1.30. The Hall–Kier alpha value is -1.83. The van der Waals surface area contributed by atoms with E-state index >= 15 is 0 Å². The Kier molecular flexibility index (Phi) is 4.90. The fourth-order valence-corrected chi connectivity index (χ4v) is 2.75. The van der Waals surface area contributed by atoms with Gasteiger partial charge in [-0.3, -0.25) is 0 Å². The molecule has 118 valence electrons. The number of hydrogen-bond donors (Lipinski definition) is 1. The number of aromatic nitrogens is 1. The zero-order valence-electron chi connectivity index (χ0n) is 12.4. The molecule has 0 atom stereocenters. The van der Waals surface area contributed by atoms with Crippen LogP contribution in [-0.4, -0.2) is 38.9 Å². The molecule has 2 aromatic rings. The monoisotopic (exact) mass is 341 g/mol. The number of ether oxygens (including phenoxy) is 1. The van der Waals surface area contributed by atoms with Gasteiger partial charge in [-0.2, -0.15) is 0 Å². The number of methoxy groups -OCH3 is 1. The highest BCUT2D eigenvalue weighted by Crippen LogP contribution is 2.30. The maximum absolute atomic E-state index is 12.0. The van der Waals surface area contributed by atoms with Gasteiger partial charge in [0.25, 0.3) is 0 Å². The molecule has 0 unspecified atom stereocenters. The lowest BCUT2D eigenvalue weighted by atomic mass is 10.3. The summed E-state index contributed by atoms with van der Waals surface area (Å²) in [4.78, 5) is 4.24. The highest BCUT2D eigenvalue weighted by molar-refractivity contribution is 7.89. The minimum absolute atomic E-state index is 0.126. The van der Waals surface area contributed by atoms with Crippen LogP contribution in [0, 0.1) is 0 Å². The number of halogens is 1. The Bertz CT molecular complexity index is 761. The first-order chi connectivity index (χ1) is 10.3. The van der Waals surface area contributed by atoms with Gasteiger partial charge in [0.2, 0.25) is 10.0 Å². The van der Waals surface area contributed by atoms with Crippen LogP contribution in [0.4, 0.5) is 11.5 Å². The maximum Gasteiger partial charge on any atom is 0.244 e. The molecule has 0 aliphatic rings. The first-order valence-corrected chi connectivity index (χ1v) is 8.15. The van der Waals surface area contributed by atoms with E-state index < -0.39 is 10.0 Å². The molecule has 0 spiro atoms. The van der Waals surface area contributed by atoms with Crippen LogP contribution in [0.3, 0.4) is 0 Å². The highest BCUT2D eigenvalue weighted by Gasteiger charge is 2.17. The first kappa shape index (κ1) is 16.5. The van der Waals surface area contributed by atoms with E-state index in [9.17, 15) is 8.42 Å². The van der Waals surface area contributed by atoms with Crippen molar-refractivity contribution in [2.75, 3.05) is 26.5 Å². The number of nitrogens with zero attached hydrogens (tertiary/aromatic N) is 2. The summed E-state index contributed by atoms with van der Waals surface area (Å²) in [5.41, 5.74) is 0.644. The van der Waals surface area contributed by atoms with Gasteiger partial charge in [-0.15, -0.1) is 0 Å². The van der Waals surface area contributed by atoms with E-state index in [-0.39, 0.29) is 4.90 Å². The molecular weight excluding hydrogens is 326 g/mol. The summed E-state index contributed by atoms with van der Waals surface area (Å²) in [5, 5.41) is 3.59. The van der Waals surface area contributed by atoms with Crippen LogP contribution in [0.1, 0.15) is 0 Å². The van der Waals surface area contributed by atoms with Crippen molar-refractivity contribution >= 4 is 33.1 Å². The molecule has 0 fully saturated rings. The Balaban J connectivity index is 2.28. The van der Waals surface area contributed by atoms with Crippen molar-refractivity contribution in [3.63, 3.8) is 0 Å². The summed E-state index contributed by atoms with van der Waals surface area (Å²) >= 11 is 5.96. The molecule has 0 radical (unpaired) electrons. The van der Waals surface area contributed by atoms with Crippen LogP contribution in [0.2, 0.25) is 5.02 Å². The standard InChI is InChI=1S/C14H16ClN3O3S/c1-18(2)22(19,20)11-5-7-14(16-9-11)17-12-8-10(15)4-6-13(12)21-3/h4-9H,1-3H3,(H,16,17). The Morgan fingerprint density at radius 2 is 1.95 bits per heavy atom. The topological polar surface area (TPSA) is 71.5 Å². The van der Waals surface area contributed by atoms with Gasteiger partial charge in [0.05, 0.1) is 12.8 Å². The molecule has 1 heterocycles. The van der Waals surface area contributed by atoms with E-state index in [4.69, 9.17) is 16.3 Å². The second-order valence-electron chi connectivity index (χ2n) is 4.64. The number of hydrogen-bond acceptors (Lipinski definition) is 5. The van der Waals surface area contributed by atoms with Gasteiger partial charge in [0.15, 0.2) is 0 Å². The molecular formula is C14H16ClN3O3S. The number of anilines is 2. The summed E-state index contributed by atoms with van der Waals surface area (Å²) in [6.45, 7) is 0. The minimum atomic E-state index is -3.49. The first-order valence-electron chi connectivity index (χ1n) is 6.34. The second kappa shape index (κ2) is 6.51. The molecule has 8 heteroatoms. The second-order valence-corrected chi connectivity index (χ2v) is 7.22. The fourth-order valence-electron chi connectivity index (χ4n) is 1.73. The Morgan fingerprint density at radius 3 is 2.50 bits per heavy atom. The van der Waals surface area contributed by atoms with Gasteiger partial charge in [-0.1, -0.05) is 11.6 Å². The van der Waals surface area contributed by atoms with Crippen LogP contribution in [0.25, 0.3) is 0 Å². The quantitative estimate of drug-likeness (QED) is 0.905. The third-order valence-electron chi connectivity index (χ3n) is 2.94. The molecule has 1 aromatic heterocycles. The van der Waals surface area contributed by atoms with Gasteiger partial charge in [-0.25, -0.2) is 17.7 Å². The van der Waals surface area contributed by atoms with Gasteiger partial charge in [-0.05, 0) is 30.3 Å².